The predicted octanol–water partition coefficient (Wildman–Crippen LogP) is 4.82. The third-order valence-corrected chi connectivity index (χ3v) is 4.61. The minimum Gasteiger partial charge on any atom is -0.496 e. The van der Waals surface area contributed by atoms with Crippen LogP contribution in [0.3, 0.4) is 0 Å². The number of rotatable bonds is 9. The van der Waals surface area contributed by atoms with Crippen LogP contribution in [-0.4, -0.2) is 19.6 Å². The number of methoxy groups -OCH3 is 1. The highest BCUT2D eigenvalue weighted by molar-refractivity contribution is 5.97. The molecule has 0 fully saturated rings. The zero-order chi connectivity index (χ0) is 20.5. The number of nitrogens with one attached hydrogen (secondary N) is 1. The van der Waals surface area contributed by atoms with E-state index in [1.807, 2.05) is 54.6 Å². The van der Waals surface area contributed by atoms with Crippen LogP contribution in [0.15, 0.2) is 72.8 Å². The Kier molecular flexibility index (Phi) is 7.11. The average Bonchev–Trinajstić information content (AvgIpc) is 2.75. The number of carbonyl (C=O) groups excluding carboxylic acids is 1. The first kappa shape index (κ1) is 20.3. The fraction of sp³-hybridized carbons (Fsp3) is 0.208. The first-order valence-electron chi connectivity index (χ1n) is 9.70. The van der Waals surface area contributed by atoms with Gasteiger partial charge in [-0.1, -0.05) is 36.4 Å². The van der Waals surface area contributed by atoms with Crippen molar-refractivity contribution < 1.29 is 14.3 Å². The van der Waals surface area contributed by atoms with E-state index in [-0.39, 0.29) is 5.91 Å². The monoisotopic (exact) mass is 390 g/mol. The van der Waals surface area contributed by atoms with Crippen LogP contribution in [0.5, 0.6) is 17.2 Å². The first-order chi connectivity index (χ1) is 14.2. The number of ether oxygens (including phenoxy) is 2. The van der Waals surface area contributed by atoms with Crippen LogP contribution >= 0.6 is 0 Å². The van der Waals surface area contributed by atoms with Gasteiger partial charge in [-0.25, -0.2) is 0 Å². The summed E-state index contributed by atoms with van der Waals surface area (Å²) in [6.45, 7) is 0.594. The highest BCUT2D eigenvalue weighted by atomic mass is 16.5. The topological polar surface area (TPSA) is 73.6 Å². The number of nitrogens with two attached hydrogens (primary N) is 1. The van der Waals surface area contributed by atoms with Gasteiger partial charge in [0.05, 0.1) is 12.7 Å². The largest absolute Gasteiger partial charge is 0.496 e. The number of benzene rings is 3. The zero-order valence-electron chi connectivity index (χ0n) is 16.6. The summed E-state index contributed by atoms with van der Waals surface area (Å²) in [6, 6.07) is 22.6. The molecule has 0 unspecified atom stereocenters. The predicted molar refractivity (Wildman–Crippen MR) is 116 cm³/mol. The smallest absolute Gasteiger partial charge is 0.255 e. The Labute approximate surface area is 171 Å². The molecule has 0 heterocycles. The van der Waals surface area contributed by atoms with Gasteiger partial charge in [0.15, 0.2) is 0 Å². The van der Waals surface area contributed by atoms with E-state index >= 15 is 0 Å². The van der Waals surface area contributed by atoms with Crippen LogP contribution < -0.4 is 20.5 Å². The Morgan fingerprint density at radius 2 is 1.69 bits per heavy atom. The number of para-hydroxylation sites is 2. The van der Waals surface area contributed by atoms with Crippen LogP contribution in [0.25, 0.3) is 0 Å². The molecule has 0 radical (unpaired) electrons. The molecule has 1 amide bonds. The molecule has 5 heteroatoms. The van der Waals surface area contributed by atoms with Gasteiger partial charge in [0.1, 0.15) is 17.2 Å². The van der Waals surface area contributed by atoms with E-state index in [1.165, 1.54) is 0 Å². The van der Waals surface area contributed by atoms with E-state index in [2.05, 4.69) is 5.32 Å². The molecule has 150 valence electrons. The molecule has 0 aromatic heterocycles. The van der Waals surface area contributed by atoms with Crippen LogP contribution in [0.1, 0.15) is 28.8 Å². The lowest BCUT2D eigenvalue weighted by molar-refractivity contribution is 0.0950. The number of amides is 1. The van der Waals surface area contributed by atoms with E-state index in [9.17, 15) is 4.79 Å². The summed E-state index contributed by atoms with van der Waals surface area (Å²) >= 11 is 0. The molecule has 3 rings (SSSR count). The number of unbranched alkanes of at least 4 members (excludes halogenated alkanes) is 1. The van der Waals surface area contributed by atoms with Gasteiger partial charge < -0.3 is 20.5 Å². The molecule has 0 aliphatic carbocycles. The van der Waals surface area contributed by atoms with Gasteiger partial charge in [0.2, 0.25) is 0 Å². The number of nitrogen functional groups attached to an aromatic ring is 1. The van der Waals surface area contributed by atoms with E-state index in [4.69, 9.17) is 15.2 Å². The average molecular weight is 390 g/mol. The second-order valence-electron chi connectivity index (χ2n) is 6.69. The van der Waals surface area contributed by atoms with Gasteiger partial charge in [-0.15, -0.1) is 0 Å². The van der Waals surface area contributed by atoms with Crippen LogP contribution in [0.4, 0.5) is 5.69 Å². The molecule has 0 atom stereocenters. The summed E-state index contributed by atoms with van der Waals surface area (Å²) < 4.78 is 11.2. The minimum absolute atomic E-state index is 0.160. The molecule has 29 heavy (non-hydrogen) atoms. The molecule has 0 aliphatic heterocycles. The molecule has 0 saturated carbocycles. The summed E-state index contributed by atoms with van der Waals surface area (Å²) in [4.78, 5) is 12.5. The van der Waals surface area contributed by atoms with E-state index < -0.39 is 0 Å². The molecule has 5 nitrogen and oxygen atoms in total. The zero-order valence-corrected chi connectivity index (χ0v) is 16.6. The summed E-state index contributed by atoms with van der Waals surface area (Å²) in [5.74, 6) is 1.66. The van der Waals surface area contributed by atoms with Gasteiger partial charge in [-0.3, -0.25) is 4.79 Å². The summed E-state index contributed by atoms with van der Waals surface area (Å²) in [5, 5.41) is 2.95. The maximum atomic E-state index is 12.5. The number of carbonyl (C=O) groups is 1. The second kappa shape index (κ2) is 10.2. The van der Waals surface area contributed by atoms with Crippen molar-refractivity contribution in [2.45, 2.75) is 19.3 Å². The lowest BCUT2D eigenvalue weighted by Gasteiger charge is -2.12. The molecular weight excluding hydrogens is 364 g/mol. The van der Waals surface area contributed by atoms with Crippen molar-refractivity contribution in [2.24, 2.45) is 0 Å². The lowest BCUT2D eigenvalue weighted by Crippen LogP contribution is -2.25. The fourth-order valence-corrected chi connectivity index (χ4v) is 3.05. The highest BCUT2D eigenvalue weighted by Gasteiger charge is 2.13. The first-order valence-corrected chi connectivity index (χ1v) is 9.70. The second-order valence-corrected chi connectivity index (χ2v) is 6.69. The maximum absolute atomic E-state index is 12.5. The fourth-order valence-electron chi connectivity index (χ4n) is 3.05. The summed E-state index contributed by atoms with van der Waals surface area (Å²) in [5.41, 5.74) is 8.41. The van der Waals surface area contributed by atoms with Crippen molar-refractivity contribution in [2.75, 3.05) is 19.4 Å². The summed E-state index contributed by atoms with van der Waals surface area (Å²) in [6.07, 6.45) is 2.73. The Hall–Kier alpha value is -3.47. The van der Waals surface area contributed by atoms with Gasteiger partial charge in [0, 0.05) is 18.3 Å². The SMILES string of the molecule is COc1cc(Oc2ccccc2)ccc1C(=O)NCCCCc1ccccc1N. The molecule has 0 spiro atoms. The molecule has 0 saturated heterocycles. The molecular formula is C24H26N2O3. The summed E-state index contributed by atoms with van der Waals surface area (Å²) in [7, 11) is 1.54. The number of anilines is 1. The van der Waals surface area contributed by atoms with Gasteiger partial charge >= 0.3 is 0 Å². The Bertz CT molecular complexity index is 942. The Balaban J connectivity index is 1.51. The Morgan fingerprint density at radius 1 is 0.931 bits per heavy atom. The number of hydrogen-bond acceptors (Lipinski definition) is 4. The molecule has 0 aliphatic rings. The van der Waals surface area contributed by atoms with Crippen LogP contribution in [-0.2, 0) is 6.42 Å². The van der Waals surface area contributed by atoms with Gasteiger partial charge in [-0.2, -0.15) is 0 Å². The Morgan fingerprint density at radius 3 is 2.45 bits per heavy atom. The number of hydrogen-bond donors (Lipinski definition) is 2. The van der Waals surface area contributed by atoms with Crippen LogP contribution in [0, 0.1) is 0 Å². The molecule has 0 bridgehead atoms. The van der Waals surface area contributed by atoms with Crippen molar-refractivity contribution in [3.8, 4) is 17.2 Å². The van der Waals surface area contributed by atoms with Gasteiger partial charge in [0.25, 0.3) is 5.91 Å². The van der Waals surface area contributed by atoms with E-state index in [1.54, 1.807) is 25.3 Å². The third kappa shape index (κ3) is 5.75. The quantitative estimate of drug-likeness (QED) is 0.406. The van der Waals surface area contributed by atoms with Crippen molar-refractivity contribution in [1.82, 2.24) is 5.32 Å². The maximum Gasteiger partial charge on any atom is 0.255 e. The molecule has 3 N–H and O–H groups in total. The normalized spacial score (nSPS) is 10.4. The number of aryl methyl sites for hydroxylation is 1. The van der Waals surface area contributed by atoms with E-state index in [0.717, 1.165) is 36.3 Å². The van der Waals surface area contributed by atoms with Crippen LogP contribution in [0.2, 0.25) is 0 Å². The standard InChI is InChI=1S/C24H26N2O3/c1-28-23-17-20(29-19-11-3-2-4-12-19)14-15-21(23)24(27)26-16-8-7-10-18-9-5-6-13-22(18)25/h2-6,9,11-15,17H,7-8,10,16,25H2,1H3,(H,26,27). The highest BCUT2D eigenvalue weighted by Crippen LogP contribution is 2.28. The lowest BCUT2D eigenvalue weighted by atomic mass is 10.1. The molecule has 3 aromatic rings. The third-order valence-electron chi connectivity index (χ3n) is 4.61. The minimum atomic E-state index is -0.160. The van der Waals surface area contributed by atoms with E-state index in [0.29, 0.717) is 23.6 Å². The molecule has 3 aromatic carbocycles. The van der Waals surface area contributed by atoms with Gasteiger partial charge in [-0.05, 0) is 55.2 Å². The van der Waals surface area contributed by atoms with Crippen molar-refractivity contribution >= 4 is 11.6 Å². The van der Waals surface area contributed by atoms with Crippen molar-refractivity contribution in [1.29, 1.82) is 0 Å². The van der Waals surface area contributed by atoms with Crippen molar-refractivity contribution in [3.63, 3.8) is 0 Å². The van der Waals surface area contributed by atoms with Crippen molar-refractivity contribution in [3.05, 3.63) is 83.9 Å².